The summed E-state index contributed by atoms with van der Waals surface area (Å²) in [6, 6.07) is 3.71. The quantitative estimate of drug-likeness (QED) is 0.891. The Morgan fingerprint density at radius 1 is 1.41 bits per heavy atom. The van der Waals surface area contributed by atoms with Crippen molar-refractivity contribution in [2.75, 3.05) is 26.3 Å². The first-order valence-electron chi connectivity index (χ1n) is 5.70. The Bertz CT molecular complexity index is 398. The van der Waals surface area contributed by atoms with Gasteiger partial charge in [0, 0.05) is 6.54 Å². The van der Waals surface area contributed by atoms with Crippen molar-refractivity contribution in [1.82, 2.24) is 5.32 Å². The molecule has 0 aromatic heterocycles. The monoisotopic (exact) mass is 301 g/mol. The zero-order valence-electron chi connectivity index (χ0n) is 9.70. The molecule has 0 fully saturated rings. The highest BCUT2D eigenvalue weighted by molar-refractivity contribution is 9.10. The third-order valence-corrected chi connectivity index (χ3v) is 3.18. The Labute approximate surface area is 109 Å². The van der Waals surface area contributed by atoms with Crippen molar-refractivity contribution >= 4 is 15.9 Å². The van der Waals surface area contributed by atoms with Crippen molar-refractivity contribution in [2.45, 2.75) is 13.0 Å². The van der Waals surface area contributed by atoms with Crippen LogP contribution < -0.4 is 14.8 Å². The van der Waals surface area contributed by atoms with Gasteiger partial charge in [0.05, 0.1) is 10.6 Å². The minimum atomic E-state index is -0.540. The number of nitrogens with one attached hydrogen (secondary N) is 1. The lowest BCUT2D eigenvalue weighted by Crippen LogP contribution is -2.21. The maximum absolute atomic E-state index is 10.00. The summed E-state index contributed by atoms with van der Waals surface area (Å²) in [5.74, 6) is 1.41. The molecular formula is C12H16BrNO3. The number of rotatable bonds is 4. The SMILES string of the molecule is CCNCC(O)c1cc(Br)c2c(c1)OCCO2. The predicted molar refractivity (Wildman–Crippen MR) is 68.6 cm³/mol. The smallest absolute Gasteiger partial charge is 0.175 e. The van der Waals surface area contributed by atoms with Crippen LogP contribution in [0.15, 0.2) is 16.6 Å². The van der Waals surface area contributed by atoms with E-state index >= 15 is 0 Å². The van der Waals surface area contributed by atoms with Crippen molar-refractivity contribution in [3.63, 3.8) is 0 Å². The lowest BCUT2D eigenvalue weighted by molar-refractivity contribution is 0.162. The molecule has 1 unspecified atom stereocenters. The molecule has 0 amide bonds. The van der Waals surface area contributed by atoms with E-state index in [9.17, 15) is 5.11 Å². The molecule has 1 aliphatic heterocycles. The zero-order valence-corrected chi connectivity index (χ0v) is 11.3. The van der Waals surface area contributed by atoms with Crippen molar-refractivity contribution in [3.05, 3.63) is 22.2 Å². The number of likely N-dealkylation sites (N-methyl/N-ethyl adjacent to an activating group) is 1. The van der Waals surface area contributed by atoms with Crippen LogP contribution in [-0.4, -0.2) is 31.4 Å². The zero-order chi connectivity index (χ0) is 12.3. The van der Waals surface area contributed by atoms with Crippen LogP contribution >= 0.6 is 15.9 Å². The predicted octanol–water partition coefficient (Wildman–Crippen LogP) is 1.86. The van der Waals surface area contributed by atoms with Crippen LogP contribution in [0.3, 0.4) is 0 Å². The minimum absolute atomic E-state index is 0.530. The van der Waals surface area contributed by atoms with E-state index in [0.717, 1.165) is 22.3 Å². The van der Waals surface area contributed by atoms with E-state index in [2.05, 4.69) is 21.2 Å². The van der Waals surface area contributed by atoms with E-state index in [-0.39, 0.29) is 0 Å². The Morgan fingerprint density at radius 2 is 2.18 bits per heavy atom. The molecule has 1 aliphatic rings. The van der Waals surface area contributed by atoms with E-state index in [0.29, 0.717) is 25.5 Å². The summed E-state index contributed by atoms with van der Waals surface area (Å²) in [6.07, 6.45) is -0.540. The molecule has 0 spiro atoms. The molecule has 1 heterocycles. The molecule has 0 radical (unpaired) electrons. The second-order valence-corrected chi connectivity index (χ2v) is 4.70. The number of halogens is 1. The second-order valence-electron chi connectivity index (χ2n) is 3.85. The molecule has 94 valence electrons. The van der Waals surface area contributed by atoms with Crippen LogP contribution in [0.5, 0.6) is 11.5 Å². The van der Waals surface area contributed by atoms with Gasteiger partial charge in [-0.15, -0.1) is 0 Å². The molecule has 0 saturated carbocycles. The summed E-state index contributed by atoms with van der Waals surface area (Å²) >= 11 is 3.43. The minimum Gasteiger partial charge on any atom is -0.486 e. The molecule has 1 atom stereocenters. The number of ether oxygens (including phenoxy) is 2. The van der Waals surface area contributed by atoms with Gasteiger partial charge in [-0.05, 0) is 40.2 Å². The Balaban J connectivity index is 2.21. The van der Waals surface area contributed by atoms with Gasteiger partial charge in [0.1, 0.15) is 13.2 Å². The van der Waals surface area contributed by atoms with E-state index in [1.54, 1.807) is 0 Å². The van der Waals surface area contributed by atoms with Crippen LogP contribution in [0.4, 0.5) is 0 Å². The van der Waals surface area contributed by atoms with Gasteiger partial charge in [-0.25, -0.2) is 0 Å². The summed E-state index contributed by atoms with van der Waals surface area (Å²) in [7, 11) is 0. The van der Waals surface area contributed by atoms with Gasteiger partial charge in [-0.3, -0.25) is 0 Å². The van der Waals surface area contributed by atoms with Gasteiger partial charge in [0.25, 0.3) is 0 Å². The largest absolute Gasteiger partial charge is 0.486 e. The molecule has 2 rings (SSSR count). The normalized spacial score (nSPS) is 15.7. The molecule has 1 aromatic carbocycles. The Morgan fingerprint density at radius 3 is 2.94 bits per heavy atom. The van der Waals surface area contributed by atoms with E-state index in [4.69, 9.17) is 9.47 Å². The average molecular weight is 302 g/mol. The number of hydrogen-bond donors (Lipinski definition) is 2. The van der Waals surface area contributed by atoms with Gasteiger partial charge in [0.15, 0.2) is 11.5 Å². The number of fused-ring (bicyclic) bond motifs is 1. The van der Waals surface area contributed by atoms with Crippen molar-refractivity contribution in [2.24, 2.45) is 0 Å². The summed E-state index contributed by atoms with van der Waals surface area (Å²) in [5, 5.41) is 13.1. The van der Waals surface area contributed by atoms with Crippen molar-refractivity contribution in [3.8, 4) is 11.5 Å². The lowest BCUT2D eigenvalue weighted by atomic mass is 10.1. The topological polar surface area (TPSA) is 50.7 Å². The lowest BCUT2D eigenvalue weighted by Gasteiger charge is -2.21. The Hall–Kier alpha value is -0.780. The molecule has 1 aromatic rings. The maximum atomic E-state index is 10.00. The van der Waals surface area contributed by atoms with Crippen LogP contribution in [0.25, 0.3) is 0 Å². The third-order valence-electron chi connectivity index (χ3n) is 2.59. The van der Waals surface area contributed by atoms with Crippen LogP contribution in [-0.2, 0) is 0 Å². The number of aliphatic hydroxyl groups excluding tert-OH is 1. The summed E-state index contributed by atoms with van der Waals surface area (Å²) in [6.45, 7) is 4.48. The summed E-state index contributed by atoms with van der Waals surface area (Å²) < 4.78 is 11.8. The molecule has 4 nitrogen and oxygen atoms in total. The molecule has 0 saturated heterocycles. The van der Waals surface area contributed by atoms with Gasteiger partial charge in [-0.2, -0.15) is 0 Å². The molecule has 0 bridgehead atoms. The second kappa shape index (κ2) is 5.71. The standard InChI is InChI=1S/C12H16BrNO3/c1-2-14-7-10(15)8-5-9(13)12-11(6-8)16-3-4-17-12/h5-6,10,14-15H,2-4,7H2,1H3. The third kappa shape index (κ3) is 2.91. The number of aliphatic hydroxyl groups is 1. The van der Waals surface area contributed by atoms with E-state index in [1.807, 2.05) is 19.1 Å². The average Bonchev–Trinajstić information content (AvgIpc) is 2.36. The van der Waals surface area contributed by atoms with Gasteiger partial charge in [0.2, 0.25) is 0 Å². The number of benzene rings is 1. The van der Waals surface area contributed by atoms with Crippen molar-refractivity contribution < 1.29 is 14.6 Å². The first kappa shape index (κ1) is 12.7. The molecule has 5 heteroatoms. The van der Waals surface area contributed by atoms with Crippen LogP contribution in [0, 0.1) is 0 Å². The summed E-state index contributed by atoms with van der Waals surface area (Å²) in [5.41, 5.74) is 0.821. The summed E-state index contributed by atoms with van der Waals surface area (Å²) in [4.78, 5) is 0. The fraction of sp³-hybridized carbons (Fsp3) is 0.500. The van der Waals surface area contributed by atoms with Crippen LogP contribution in [0.1, 0.15) is 18.6 Å². The Kier molecular flexibility index (Phi) is 4.25. The highest BCUT2D eigenvalue weighted by atomic mass is 79.9. The van der Waals surface area contributed by atoms with Gasteiger partial charge < -0.3 is 19.9 Å². The maximum Gasteiger partial charge on any atom is 0.175 e. The van der Waals surface area contributed by atoms with E-state index < -0.39 is 6.10 Å². The fourth-order valence-corrected chi connectivity index (χ4v) is 2.30. The highest BCUT2D eigenvalue weighted by Gasteiger charge is 2.18. The fourth-order valence-electron chi connectivity index (χ4n) is 1.72. The molecule has 0 aliphatic carbocycles. The first-order valence-corrected chi connectivity index (χ1v) is 6.49. The molecule has 17 heavy (non-hydrogen) atoms. The van der Waals surface area contributed by atoms with Crippen molar-refractivity contribution in [1.29, 1.82) is 0 Å². The van der Waals surface area contributed by atoms with E-state index in [1.165, 1.54) is 0 Å². The molecule has 2 N–H and O–H groups in total. The van der Waals surface area contributed by atoms with Gasteiger partial charge in [-0.1, -0.05) is 6.92 Å². The molecular weight excluding hydrogens is 286 g/mol. The van der Waals surface area contributed by atoms with Crippen LogP contribution in [0.2, 0.25) is 0 Å². The highest BCUT2D eigenvalue weighted by Crippen LogP contribution is 2.39. The number of hydrogen-bond acceptors (Lipinski definition) is 4. The first-order chi connectivity index (χ1) is 8.22. The van der Waals surface area contributed by atoms with Gasteiger partial charge >= 0.3 is 0 Å².